The summed E-state index contributed by atoms with van der Waals surface area (Å²) in [7, 11) is 0. The highest BCUT2D eigenvalue weighted by Gasteiger charge is 2.28. The number of rotatable bonds is 13. The minimum Gasteiger partial charge on any atom is -0.457 e. The zero-order valence-corrected chi connectivity index (χ0v) is 20.8. The van der Waals surface area contributed by atoms with Crippen molar-refractivity contribution in [2.75, 3.05) is 6.54 Å². The molecule has 0 radical (unpaired) electrons. The Hall–Kier alpha value is -2.98. The lowest BCUT2D eigenvalue weighted by Gasteiger charge is -2.26. The molecule has 192 valence electrons. The van der Waals surface area contributed by atoms with Crippen LogP contribution in [0.1, 0.15) is 40.4 Å². The molecule has 1 aromatic heterocycles. The van der Waals surface area contributed by atoms with Crippen molar-refractivity contribution < 1.29 is 28.2 Å². The minimum atomic E-state index is -1.67. The molecule has 3 aromatic rings. The molecule has 2 aromatic carbocycles. The van der Waals surface area contributed by atoms with Crippen molar-refractivity contribution in [1.82, 2.24) is 5.32 Å². The van der Waals surface area contributed by atoms with Crippen LogP contribution in [0.25, 0.3) is 0 Å². The van der Waals surface area contributed by atoms with Gasteiger partial charge in [0.25, 0.3) is 0 Å². The number of hydrogen-bond donors (Lipinski definition) is 3. The Kier molecular flexibility index (Phi) is 10.2. The monoisotopic (exact) mass is 516 g/mol. The Morgan fingerprint density at radius 2 is 1.81 bits per heavy atom. The van der Waals surface area contributed by atoms with E-state index in [1.807, 2.05) is 18.2 Å². The third-order valence-corrected chi connectivity index (χ3v) is 6.39. The molecular formula is C27H30F2N2O4S. The molecule has 1 unspecified atom stereocenters. The van der Waals surface area contributed by atoms with E-state index in [0.717, 1.165) is 18.1 Å². The molecule has 0 spiro atoms. The molecule has 6 nitrogen and oxygen atoms in total. The topological polar surface area (TPSA) is 102 Å². The van der Waals surface area contributed by atoms with E-state index in [0.29, 0.717) is 17.7 Å². The van der Waals surface area contributed by atoms with Crippen molar-refractivity contribution in [3.8, 4) is 0 Å². The summed E-state index contributed by atoms with van der Waals surface area (Å²) in [6, 6.07) is 11.9. The summed E-state index contributed by atoms with van der Waals surface area (Å²) in [4.78, 5) is 24.9. The van der Waals surface area contributed by atoms with Crippen molar-refractivity contribution in [3.05, 3.63) is 93.2 Å². The maximum absolute atomic E-state index is 13.6. The average molecular weight is 517 g/mol. The Morgan fingerprint density at radius 3 is 2.47 bits per heavy atom. The summed E-state index contributed by atoms with van der Waals surface area (Å²) < 4.78 is 32.8. The van der Waals surface area contributed by atoms with Crippen LogP contribution in [-0.2, 0) is 28.9 Å². The number of Topliss-reactive ketones (excluding diaryl/α,β-unsaturated/α-hetero) is 1. The number of benzene rings is 2. The molecule has 3 atom stereocenters. The first-order chi connectivity index (χ1) is 17.2. The summed E-state index contributed by atoms with van der Waals surface area (Å²) in [5.41, 5.74) is 9.22. The number of carbonyl (C=O) groups is 2. The van der Waals surface area contributed by atoms with Gasteiger partial charge in [-0.1, -0.05) is 31.2 Å². The number of halogens is 2. The van der Waals surface area contributed by atoms with Crippen molar-refractivity contribution in [3.63, 3.8) is 0 Å². The van der Waals surface area contributed by atoms with E-state index < -0.39 is 42.3 Å². The third kappa shape index (κ3) is 8.30. The number of thiophene rings is 1. The summed E-state index contributed by atoms with van der Waals surface area (Å²) >= 11 is 1.33. The summed E-state index contributed by atoms with van der Waals surface area (Å²) in [6.07, 6.45) is -2.09. The van der Waals surface area contributed by atoms with E-state index in [-0.39, 0.29) is 18.7 Å². The van der Waals surface area contributed by atoms with Gasteiger partial charge in [0.15, 0.2) is 11.9 Å². The Bertz CT molecular complexity index is 1140. The van der Waals surface area contributed by atoms with Crippen molar-refractivity contribution in [1.29, 1.82) is 0 Å². The second-order valence-electron chi connectivity index (χ2n) is 8.58. The largest absolute Gasteiger partial charge is 0.457 e. The van der Waals surface area contributed by atoms with Gasteiger partial charge in [0.05, 0.1) is 0 Å². The predicted octanol–water partition coefficient (Wildman–Crippen LogP) is 3.79. The lowest BCUT2D eigenvalue weighted by Crippen LogP contribution is -2.47. The van der Waals surface area contributed by atoms with E-state index in [9.17, 15) is 23.5 Å². The first kappa shape index (κ1) is 27.6. The van der Waals surface area contributed by atoms with Crippen molar-refractivity contribution in [2.45, 2.75) is 51.0 Å². The van der Waals surface area contributed by atoms with Gasteiger partial charge in [0.2, 0.25) is 0 Å². The highest BCUT2D eigenvalue weighted by atomic mass is 32.1. The van der Waals surface area contributed by atoms with Crippen LogP contribution in [0.5, 0.6) is 0 Å². The van der Waals surface area contributed by atoms with E-state index in [1.165, 1.54) is 29.0 Å². The summed E-state index contributed by atoms with van der Waals surface area (Å²) in [5.74, 6) is -2.84. The first-order valence-electron chi connectivity index (χ1n) is 11.7. The van der Waals surface area contributed by atoms with Crippen molar-refractivity contribution >= 4 is 23.1 Å². The van der Waals surface area contributed by atoms with E-state index >= 15 is 0 Å². The molecule has 0 aliphatic carbocycles. The molecule has 0 bridgehead atoms. The van der Waals surface area contributed by atoms with Crippen LogP contribution in [0.2, 0.25) is 0 Å². The molecule has 0 fully saturated rings. The van der Waals surface area contributed by atoms with E-state index in [2.05, 4.69) is 18.3 Å². The molecule has 0 aliphatic rings. The van der Waals surface area contributed by atoms with Gasteiger partial charge >= 0.3 is 5.97 Å². The lowest BCUT2D eigenvalue weighted by atomic mass is 10.0. The smallest absolute Gasteiger partial charge is 0.335 e. The standard InChI is InChI=1S/C27H30F2N2O4S/c1-2-17-4-3-5-18(8-17)14-31-15-26(23(30)11-19-9-21(28)12-22(29)10-19)35-27(34)25(33)13-24(32)20-6-7-36-16-20/h3-10,12,16,23,25-26,31,33H,2,11,13-15,30H2,1H3/t23?,25-,26+/m0/s1. The Morgan fingerprint density at radius 1 is 1.08 bits per heavy atom. The molecular weight excluding hydrogens is 486 g/mol. The fourth-order valence-corrected chi connectivity index (χ4v) is 4.42. The molecule has 0 saturated heterocycles. The summed E-state index contributed by atoms with van der Waals surface area (Å²) in [5, 5.41) is 16.8. The number of nitrogens with one attached hydrogen (secondary N) is 1. The van der Waals surface area contributed by atoms with Crippen LogP contribution in [0.4, 0.5) is 8.78 Å². The molecule has 1 heterocycles. The molecule has 0 amide bonds. The molecule has 0 aliphatic heterocycles. The average Bonchev–Trinajstić information content (AvgIpc) is 3.38. The maximum Gasteiger partial charge on any atom is 0.335 e. The van der Waals surface area contributed by atoms with Gasteiger partial charge in [0, 0.05) is 42.6 Å². The number of nitrogens with two attached hydrogens (primary N) is 1. The second kappa shape index (κ2) is 13.4. The third-order valence-electron chi connectivity index (χ3n) is 5.71. The second-order valence-corrected chi connectivity index (χ2v) is 9.36. The van der Waals surface area contributed by atoms with Crippen LogP contribution in [0.3, 0.4) is 0 Å². The predicted molar refractivity (Wildman–Crippen MR) is 135 cm³/mol. The van der Waals surface area contributed by atoms with Gasteiger partial charge in [-0.3, -0.25) is 4.79 Å². The first-order valence-corrected chi connectivity index (χ1v) is 12.6. The normalized spacial score (nSPS) is 13.7. The highest BCUT2D eigenvalue weighted by molar-refractivity contribution is 7.08. The molecule has 9 heteroatoms. The van der Waals surface area contributed by atoms with Gasteiger partial charge in [-0.25, -0.2) is 13.6 Å². The molecule has 3 rings (SSSR count). The summed E-state index contributed by atoms with van der Waals surface area (Å²) in [6.45, 7) is 2.67. The van der Waals surface area contributed by atoms with Crippen LogP contribution in [-0.4, -0.2) is 41.7 Å². The van der Waals surface area contributed by atoms with Crippen LogP contribution < -0.4 is 11.1 Å². The number of carbonyl (C=O) groups excluding carboxylic acids is 2. The van der Waals surface area contributed by atoms with Crippen LogP contribution in [0.15, 0.2) is 59.3 Å². The SMILES string of the molecule is CCc1cccc(CNC[C@@H](OC(=O)[C@@H](O)CC(=O)c2ccsc2)C(N)Cc2cc(F)cc(F)c2)c1. The maximum atomic E-state index is 13.6. The van der Waals surface area contributed by atoms with Crippen LogP contribution >= 0.6 is 11.3 Å². The van der Waals surface area contributed by atoms with Gasteiger partial charge in [-0.2, -0.15) is 11.3 Å². The number of aryl methyl sites for hydroxylation is 1. The van der Waals surface area contributed by atoms with Crippen molar-refractivity contribution in [2.24, 2.45) is 5.73 Å². The Labute approximate surface area is 213 Å². The molecule has 36 heavy (non-hydrogen) atoms. The fourth-order valence-electron chi connectivity index (χ4n) is 3.76. The minimum absolute atomic E-state index is 0.0313. The lowest BCUT2D eigenvalue weighted by molar-refractivity contribution is -0.159. The number of esters is 1. The number of ketones is 1. The van der Waals surface area contributed by atoms with Gasteiger partial charge in [-0.05, 0) is 53.1 Å². The zero-order chi connectivity index (χ0) is 26.1. The van der Waals surface area contributed by atoms with Gasteiger partial charge in [0.1, 0.15) is 17.7 Å². The quantitative estimate of drug-likeness (QED) is 0.236. The number of aliphatic hydroxyl groups excluding tert-OH is 1. The molecule has 0 saturated carbocycles. The van der Waals surface area contributed by atoms with E-state index in [4.69, 9.17) is 10.5 Å². The Balaban J connectivity index is 1.66. The van der Waals surface area contributed by atoms with E-state index in [1.54, 1.807) is 16.8 Å². The van der Waals surface area contributed by atoms with Crippen LogP contribution in [0, 0.1) is 11.6 Å². The van der Waals surface area contributed by atoms with Gasteiger partial charge < -0.3 is 20.9 Å². The van der Waals surface area contributed by atoms with Gasteiger partial charge in [-0.15, -0.1) is 0 Å². The highest BCUT2D eigenvalue weighted by Crippen LogP contribution is 2.15. The fraction of sp³-hybridized carbons (Fsp3) is 0.333. The zero-order valence-electron chi connectivity index (χ0n) is 20.0. The number of ether oxygens (including phenoxy) is 1. The molecule has 4 N–H and O–H groups in total. The number of hydrogen-bond acceptors (Lipinski definition) is 7. The number of aliphatic hydroxyl groups is 1.